The predicted molar refractivity (Wildman–Crippen MR) is 77.3 cm³/mol. The van der Waals surface area contributed by atoms with E-state index in [1.807, 2.05) is 0 Å². The molecule has 0 bridgehead atoms. The maximum Gasteiger partial charge on any atom is 0.257 e. The van der Waals surface area contributed by atoms with Crippen LogP contribution in [0.5, 0.6) is 0 Å². The second-order valence-electron chi connectivity index (χ2n) is 4.10. The standard InChI is InChI=1S/C15H12FN3O2/c16-13-8-12(5-3-10(13)2-1-7-17)19-15(21)11-4-6-14(20)18-9-11/h3-6,8-9H,7,17H2,(H,18,20)(H,19,21). The normalized spacial score (nSPS) is 9.62. The van der Waals surface area contributed by atoms with Gasteiger partial charge in [0.05, 0.1) is 17.7 Å². The number of hydrogen-bond donors (Lipinski definition) is 3. The van der Waals surface area contributed by atoms with E-state index in [1.165, 1.54) is 36.5 Å². The molecule has 106 valence electrons. The lowest BCUT2D eigenvalue weighted by Gasteiger charge is -2.05. The topological polar surface area (TPSA) is 88.0 Å². The number of carbonyl (C=O) groups is 1. The van der Waals surface area contributed by atoms with Gasteiger partial charge in [0.15, 0.2) is 0 Å². The molecule has 6 heteroatoms. The molecule has 2 aromatic rings. The lowest BCUT2D eigenvalue weighted by Crippen LogP contribution is -2.14. The number of hydrogen-bond acceptors (Lipinski definition) is 3. The van der Waals surface area contributed by atoms with E-state index in [1.54, 1.807) is 0 Å². The molecule has 1 aromatic carbocycles. The number of pyridine rings is 1. The van der Waals surface area contributed by atoms with Gasteiger partial charge in [-0.05, 0) is 24.3 Å². The van der Waals surface area contributed by atoms with Gasteiger partial charge in [-0.2, -0.15) is 0 Å². The van der Waals surface area contributed by atoms with Gasteiger partial charge < -0.3 is 16.0 Å². The molecular weight excluding hydrogens is 273 g/mol. The van der Waals surface area contributed by atoms with Gasteiger partial charge >= 0.3 is 0 Å². The lowest BCUT2D eigenvalue weighted by molar-refractivity contribution is 0.102. The fourth-order valence-electron chi connectivity index (χ4n) is 1.60. The number of nitrogens with one attached hydrogen (secondary N) is 2. The van der Waals surface area contributed by atoms with Crippen molar-refractivity contribution in [2.24, 2.45) is 5.73 Å². The molecule has 0 aliphatic rings. The number of anilines is 1. The summed E-state index contributed by atoms with van der Waals surface area (Å²) < 4.78 is 13.7. The number of amides is 1. The van der Waals surface area contributed by atoms with Gasteiger partial charge in [0.2, 0.25) is 5.56 Å². The first-order valence-corrected chi connectivity index (χ1v) is 6.09. The molecule has 4 N–H and O–H groups in total. The minimum absolute atomic E-state index is 0.143. The third-order valence-electron chi connectivity index (χ3n) is 2.60. The highest BCUT2D eigenvalue weighted by Gasteiger charge is 2.08. The first kappa shape index (κ1) is 14.5. The minimum Gasteiger partial charge on any atom is -0.328 e. The summed E-state index contributed by atoms with van der Waals surface area (Å²) in [5.41, 5.74) is 5.68. The van der Waals surface area contributed by atoms with Crippen LogP contribution >= 0.6 is 0 Å². The van der Waals surface area contributed by atoms with E-state index in [4.69, 9.17) is 5.73 Å². The van der Waals surface area contributed by atoms with Gasteiger partial charge in [0.1, 0.15) is 5.82 Å². The van der Waals surface area contributed by atoms with Gasteiger partial charge in [-0.1, -0.05) is 11.8 Å². The number of aromatic nitrogens is 1. The van der Waals surface area contributed by atoms with Crippen molar-refractivity contribution in [2.75, 3.05) is 11.9 Å². The summed E-state index contributed by atoms with van der Waals surface area (Å²) in [6.07, 6.45) is 1.29. The lowest BCUT2D eigenvalue weighted by atomic mass is 10.2. The Morgan fingerprint density at radius 1 is 1.33 bits per heavy atom. The van der Waals surface area contributed by atoms with Gasteiger partial charge in [-0.3, -0.25) is 9.59 Å². The van der Waals surface area contributed by atoms with Crippen LogP contribution in [0.3, 0.4) is 0 Å². The molecule has 0 atom stereocenters. The van der Waals surface area contributed by atoms with Crippen molar-refractivity contribution in [3.05, 3.63) is 63.8 Å². The van der Waals surface area contributed by atoms with Crippen LogP contribution in [-0.4, -0.2) is 17.4 Å². The van der Waals surface area contributed by atoms with Crippen molar-refractivity contribution in [3.8, 4) is 11.8 Å². The zero-order valence-electron chi connectivity index (χ0n) is 10.9. The Morgan fingerprint density at radius 2 is 2.14 bits per heavy atom. The zero-order chi connectivity index (χ0) is 15.2. The Labute approximate surface area is 120 Å². The monoisotopic (exact) mass is 285 g/mol. The van der Waals surface area contributed by atoms with Crippen molar-refractivity contribution in [3.63, 3.8) is 0 Å². The summed E-state index contributed by atoms with van der Waals surface area (Å²) in [6.45, 7) is 0.143. The third kappa shape index (κ3) is 3.78. The summed E-state index contributed by atoms with van der Waals surface area (Å²) in [4.78, 5) is 25.2. The summed E-state index contributed by atoms with van der Waals surface area (Å²) in [5, 5.41) is 2.53. The SMILES string of the molecule is NCC#Cc1ccc(NC(=O)c2ccc(=O)[nH]c2)cc1F. The van der Waals surface area contributed by atoms with Gasteiger partial charge in [-0.25, -0.2) is 4.39 Å². The molecule has 1 heterocycles. The summed E-state index contributed by atoms with van der Waals surface area (Å²) in [5.74, 6) is 4.14. The van der Waals surface area contributed by atoms with Crippen LogP contribution < -0.4 is 16.6 Å². The van der Waals surface area contributed by atoms with Crippen LogP contribution in [0.1, 0.15) is 15.9 Å². The predicted octanol–water partition coefficient (Wildman–Crippen LogP) is 1.08. The highest BCUT2D eigenvalue weighted by Crippen LogP contribution is 2.14. The van der Waals surface area contributed by atoms with Crippen LogP contribution in [0.15, 0.2) is 41.3 Å². The van der Waals surface area contributed by atoms with Crippen molar-refractivity contribution in [1.82, 2.24) is 4.98 Å². The van der Waals surface area contributed by atoms with Gasteiger partial charge in [-0.15, -0.1) is 0 Å². The summed E-state index contributed by atoms with van der Waals surface area (Å²) in [6, 6.07) is 6.78. The van der Waals surface area contributed by atoms with Crippen LogP contribution in [0, 0.1) is 17.7 Å². The fourth-order valence-corrected chi connectivity index (χ4v) is 1.60. The van der Waals surface area contributed by atoms with Crippen LogP contribution in [0.2, 0.25) is 0 Å². The number of halogens is 1. The smallest absolute Gasteiger partial charge is 0.257 e. The summed E-state index contributed by atoms with van der Waals surface area (Å²) >= 11 is 0. The molecule has 0 spiro atoms. The van der Waals surface area contributed by atoms with E-state index in [0.29, 0.717) is 5.69 Å². The molecular formula is C15H12FN3O2. The van der Waals surface area contributed by atoms with Crippen LogP contribution in [-0.2, 0) is 0 Å². The number of benzene rings is 1. The number of aromatic amines is 1. The molecule has 5 nitrogen and oxygen atoms in total. The highest BCUT2D eigenvalue weighted by atomic mass is 19.1. The average molecular weight is 285 g/mol. The Morgan fingerprint density at radius 3 is 2.76 bits per heavy atom. The molecule has 1 amide bonds. The summed E-state index contributed by atoms with van der Waals surface area (Å²) in [7, 11) is 0. The Bertz CT molecular complexity index is 767. The molecule has 0 unspecified atom stereocenters. The van der Waals surface area contributed by atoms with Crippen molar-refractivity contribution in [2.45, 2.75) is 0 Å². The maximum atomic E-state index is 13.7. The highest BCUT2D eigenvalue weighted by molar-refractivity contribution is 6.04. The average Bonchev–Trinajstić information content (AvgIpc) is 2.47. The molecule has 0 radical (unpaired) electrons. The number of carbonyl (C=O) groups excluding carboxylic acids is 1. The third-order valence-corrected chi connectivity index (χ3v) is 2.60. The molecule has 2 rings (SSSR count). The minimum atomic E-state index is -0.546. The Hall–Kier alpha value is -2.91. The largest absolute Gasteiger partial charge is 0.328 e. The van der Waals surface area contributed by atoms with Crippen LogP contribution in [0.25, 0.3) is 0 Å². The van der Waals surface area contributed by atoms with Gasteiger partial charge in [0, 0.05) is 18.0 Å². The maximum absolute atomic E-state index is 13.7. The van der Waals surface area contributed by atoms with E-state index in [2.05, 4.69) is 22.1 Å². The van der Waals surface area contributed by atoms with E-state index in [0.717, 1.165) is 0 Å². The number of rotatable bonds is 2. The number of H-pyrrole nitrogens is 1. The first-order chi connectivity index (χ1) is 10.1. The molecule has 21 heavy (non-hydrogen) atoms. The second kappa shape index (κ2) is 6.50. The zero-order valence-corrected chi connectivity index (χ0v) is 10.9. The quantitative estimate of drug-likeness (QED) is 0.721. The van der Waals surface area contributed by atoms with E-state index in [9.17, 15) is 14.0 Å². The fraction of sp³-hybridized carbons (Fsp3) is 0.0667. The second-order valence-corrected chi connectivity index (χ2v) is 4.10. The molecule has 0 aliphatic carbocycles. The van der Waals surface area contributed by atoms with Crippen LogP contribution in [0.4, 0.5) is 10.1 Å². The number of nitrogens with two attached hydrogens (primary N) is 1. The molecule has 0 fully saturated rings. The van der Waals surface area contributed by atoms with Crippen molar-refractivity contribution in [1.29, 1.82) is 0 Å². The molecule has 0 saturated heterocycles. The van der Waals surface area contributed by atoms with Crippen molar-refractivity contribution >= 4 is 11.6 Å². The van der Waals surface area contributed by atoms with Gasteiger partial charge in [0.25, 0.3) is 5.91 Å². The molecule has 0 saturated carbocycles. The Kier molecular flexibility index (Phi) is 4.49. The van der Waals surface area contributed by atoms with Crippen molar-refractivity contribution < 1.29 is 9.18 Å². The van der Waals surface area contributed by atoms with E-state index < -0.39 is 11.7 Å². The molecule has 0 aliphatic heterocycles. The Balaban J connectivity index is 2.16. The molecule has 1 aromatic heterocycles. The van der Waals surface area contributed by atoms with E-state index >= 15 is 0 Å². The first-order valence-electron chi connectivity index (χ1n) is 6.09. The van der Waals surface area contributed by atoms with E-state index in [-0.39, 0.29) is 23.2 Å².